The van der Waals surface area contributed by atoms with Crippen LogP contribution in [0.15, 0.2) is 0 Å². The minimum atomic E-state index is -0.289. The summed E-state index contributed by atoms with van der Waals surface area (Å²) in [6, 6.07) is 0.0239. The summed E-state index contributed by atoms with van der Waals surface area (Å²) in [4.78, 5) is 32.4. The summed E-state index contributed by atoms with van der Waals surface area (Å²) in [6.07, 6.45) is 3.10. The molecule has 2 saturated heterocycles. The van der Waals surface area contributed by atoms with Crippen LogP contribution in [0.25, 0.3) is 0 Å². The van der Waals surface area contributed by atoms with E-state index in [1.165, 1.54) is 0 Å². The number of carbonyl (C=O) groups is 2. The standard InChI is InChI=1S/C16H25N5O3/c1-11-17-16(19-18-11)14-10-20(7-8-24-14)15(23)9-13-5-3-4-6-21(13)12(2)22/h13-14H,3-10H2,1-2H3,(H,17,18,19)/t13-,14+/m1/s1. The van der Waals surface area contributed by atoms with Gasteiger partial charge in [-0.15, -0.1) is 0 Å². The molecule has 0 aliphatic carbocycles. The number of morpholine rings is 1. The molecule has 132 valence electrons. The van der Waals surface area contributed by atoms with Gasteiger partial charge < -0.3 is 14.5 Å². The first-order chi connectivity index (χ1) is 11.5. The Morgan fingerprint density at radius 2 is 2.17 bits per heavy atom. The average molecular weight is 335 g/mol. The maximum Gasteiger partial charge on any atom is 0.224 e. The number of rotatable bonds is 3. The quantitative estimate of drug-likeness (QED) is 0.882. The Hall–Kier alpha value is -1.96. The Kier molecular flexibility index (Phi) is 5.13. The Labute approximate surface area is 141 Å². The lowest BCUT2D eigenvalue weighted by atomic mass is 9.98. The van der Waals surface area contributed by atoms with Crippen molar-refractivity contribution < 1.29 is 14.3 Å². The van der Waals surface area contributed by atoms with Crippen LogP contribution in [0, 0.1) is 6.92 Å². The number of likely N-dealkylation sites (tertiary alicyclic amines) is 1. The van der Waals surface area contributed by atoms with Crippen molar-refractivity contribution in [2.75, 3.05) is 26.2 Å². The molecule has 2 fully saturated rings. The molecule has 2 amide bonds. The van der Waals surface area contributed by atoms with E-state index in [-0.39, 0.29) is 24.0 Å². The molecule has 0 bridgehead atoms. The van der Waals surface area contributed by atoms with Crippen molar-refractivity contribution in [3.8, 4) is 0 Å². The molecule has 0 radical (unpaired) electrons. The van der Waals surface area contributed by atoms with E-state index in [1.807, 2.05) is 16.7 Å². The van der Waals surface area contributed by atoms with Gasteiger partial charge in [-0.05, 0) is 26.2 Å². The van der Waals surface area contributed by atoms with Crippen LogP contribution in [0.1, 0.15) is 50.4 Å². The van der Waals surface area contributed by atoms with Gasteiger partial charge >= 0.3 is 0 Å². The van der Waals surface area contributed by atoms with Gasteiger partial charge in [-0.25, -0.2) is 4.98 Å². The summed E-state index contributed by atoms with van der Waals surface area (Å²) in [6.45, 7) is 5.69. The van der Waals surface area contributed by atoms with E-state index >= 15 is 0 Å². The first kappa shape index (κ1) is 16.9. The highest BCUT2D eigenvalue weighted by molar-refractivity contribution is 5.79. The van der Waals surface area contributed by atoms with Crippen molar-refractivity contribution in [2.45, 2.75) is 51.7 Å². The Bertz CT molecular complexity index is 602. The third kappa shape index (κ3) is 3.75. The van der Waals surface area contributed by atoms with Crippen molar-refractivity contribution in [3.63, 3.8) is 0 Å². The lowest BCUT2D eigenvalue weighted by Crippen LogP contribution is -2.48. The molecule has 24 heavy (non-hydrogen) atoms. The summed E-state index contributed by atoms with van der Waals surface area (Å²) in [5, 5.41) is 6.94. The molecule has 0 spiro atoms. The molecule has 1 N–H and O–H groups in total. The Morgan fingerprint density at radius 3 is 2.88 bits per heavy atom. The number of nitrogens with zero attached hydrogens (tertiary/aromatic N) is 4. The second-order valence-corrected chi connectivity index (χ2v) is 6.54. The molecular formula is C16H25N5O3. The molecule has 3 heterocycles. The van der Waals surface area contributed by atoms with E-state index in [9.17, 15) is 9.59 Å². The van der Waals surface area contributed by atoms with E-state index in [2.05, 4.69) is 15.2 Å². The summed E-state index contributed by atoms with van der Waals surface area (Å²) in [5.74, 6) is 1.46. The summed E-state index contributed by atoms with van der Waals surface area (Å²) in [7, 11) is 0. The van der Waals surface area contributed by atoms with E-state index in [4.69, 9.17) is 4.74 Å². The number of aryl methyl sites for hydroxylation is 1. The molecule has 0 aromatic carbocycles. The van der Waals surface area contributed by atoms with Crippen LogP contribution >= 0.6 is 0 Å². The number of aromatic amines is 1. The highest BCUT2D eigenvalue weighted by Gasteiger charge is 2.32. The van der Waals surface area contributed by atoms with E-state index in [0.717, 1.165) is 31.6 Å². The van der Waals surface area contributed by atoms with Crippen LogP contribution in [-0.4, -0.2) is 69.1 Å². The van der Waals surface area contributed by atoms with Gasteiger partial charge in [0.2, 0.25) is 11.8 Å². The van der Waals surface area contributed by atoms with Crippen molar-refractivity contribution >= 4 is 11.8 Å². The Morgan fingerprint density at radius 1 is 1.33 bits per heavy atom. The topological polar surface area (TPSA) is 91.4 Å². The van der Waals surface area contributed by atoms with Gasteiger partial charge in [0, 0.05) is 32.5 Å². The largest absolute Gasteiger partial charge is 0.366 e. The van der Waals surface area contributed by atoms with Crippen molar-refractivity contribution in [3.05, 3.63) is 11.6 Å². The lowest BCUT2D eigenvalue weighted by molar-refractivity contribution is -0.142. The predicted molar refractivity (Wildman–Crippen MR) is 86.0 cm³/mol. The highest BCUT2D eigenvalue weighted by atomic mass is 16.5. The molecule has 1 aromatic rings. The van der Waals surface area contributed by atoms with Crippen LogP contribution in [0.3, 0.4) is 0 Å². The molecule has 0 saturated carbocycles. The van der Waals surface area contributed by atoms with Gasteiger partial charge in [-0.2, -0.15) is 5.10 Å². The van der Waals surface area contributed by atoms with Crippen LogP contribution < -0.4 is 0 Å². The molecule has 2 aliphatic heterocycles. The zero-order valence-corrected chi connectivity index (χ0v) is 14.3. The van der Waals surface area contributed by atoms with Gasteiger partial charge in [-0.1, -0.05) is 0 Å². The van der Waals surface area contributed by atoms with Crippen molar-refractivity contribution in [1.82, 2.24) is 25.0 Å². The average Bonchev–Trinajstić information content (AvgIpc) is 3.02. The summed E-state index contributed by atoms with van der Waals surface area (Å²) >= 11 is 0. The number of H-pyrrole nitrogens is 1. The third-order valence-corrected chi connectivity index (χ3v) is 4.76. The third-order valence-electron chi connectivity index (χ3n) is 4.76. The molecule has 2 atom stereocenters. The van der Waals surface area contributed by atoms with Crippen molar-refractivity contribution in [1.29, 1.82) is 0 Å². The number of carbonyl (C=O) groups excluding carboxylic acids is 2. The lowest BCUT2D eigenvalue weighted by Gasteiger charge is -2.37. The smallest absolute Gasteiger partial charge is 0.224 e. The number of amides is 2. The fraction of sp³-hybridized carbons (Fsp3) is 0.750. The molecule has 0 unspecified atom stereocenters. The molecule has 3 rings (SSSR count). The molecular weight excluding hydrogens is 310 g/mol. The van der Waals surface area contributed by atoms with E-state index < -0.39 is 0 Å². The van der Waals surface area contributed by atoms with Crippen LogP contribution in [0.4, 0.5) is 0 Å². The zero-order valence-electron chi connectivity index (χ0n) is 14.3. The summed E-state index contributed by atoms with van der Waals surface area (Å²) < 4.78 is 5.70. The first-order valence-electron chi connectivity index (χ1n) is 8.60. The SMILES string of the molecule is CC(=O)N1CCCC[C@@H]1CC(=O)N1CCO[C@H](c2n[nH]c(C)n2)C1. The van der Waals surface area contributed by atoms with Gasteiger partial charge in [0.25, 0.3) is 0 Å². The fourth-order valence-corrected chi connectivity index (χ4v) is 3.49. The number of ether oxygens (including phenoxy) is 1. The van der Waals surface area contributed by atoms with Crippen LogP contribution in [-0.2, 0) is 14.3 Å². The maximum atomic E-state index is 12.7. The fourth-order valence-electron chi connectivity index (χ4n) is 3.49. The first-order valence-corrected chi connectivity index (χ1v) is 8.60. The van der Waals surface area contributed by atoms with Crippen LogP contribution in [0.5, 0.6) is 0 Å². The maximum absolute atomic E-state index is 12.7. The number of nitrogens with one attached hydrogen (secondary N) is 1. The molecule has 2 aliphatic rings. The zero-order chi connectivity index (χ0) is 17.1. The number of piperidine rings is 1. The molecule has 8 heteroatoms. The summed E-state index contributed by atoms with van der Waals surface area (Å²) in [5.41, 5.74) is 0. The predicted octanol–water partition coefficient (Wildman–Crippen LogP) is 0.804. The minimum Gasteiger partial charge on any atom is -0.366 e. The minimum absolute atomic E-state index is 0.0239. The normalized spacial score (nSPS) is 24.9. The molecule has 8 nitrogen and oxygen atoms in total. The van der Waals surface area contributed by atoms with Gasteiger partial charge in [0.15, 0.2) is 5.82 Å². The van der Waals surface area contributed by atoms with Gasteiger partial charge in [0.05, 0.1) is 13.2 Å². The second-order valence-electron chi connectivity index (χ2n) is 6.54. The second kappa shape index (κ2) is 7.29. The monoisotopic (exact) mass is 335 g/mol. The van der Waals surface area contributed by atoms with Crippen molar-refractivity contribution in [2.24, 2.45) is 0 Å². The number of aromatic nitrogens is 3. The number of hydrogen-bond acceptors (Lipinski definition) is 5. The van der Waals surface area contributed by atoms with Gasteiger partial charge in [0.1, 0.15) is 11.9 Å². The van der Waals surface area contributed by atoms with E-state index in [1.54, 1.807) is 6.92 Å². The van der Waals surface area contributed by atoms with E-state index in [0.29, 0.717) is 31.9 Å². The number of hydrogen-bond donors (Lipinski definition) is 1. The van der Waals surface area contributed by atoms with Crippen LogP contribution in [0.2, 0.25) is 0 Å². The molecule has 1 aromatic heterocycles. The Balaban J connectivity index is 1.60. The highest BCUT2D eigenvalue weighted by Crippen LogP contribution is 2.23. The van der Waals surface area contributed by atoms with Gasteiger partial charge in [-0.3, -0.25) is 14.7 Å².